The average molecular weight is 234 g/mol. The first-order valence-corrected chi connectivity index (χ1v) is 7.10. The van der Waals surface area contributed by atoms with Crippen LogP contribution in [0.2, 0.25) is 0 Å². The number of aliphatic hydroxyl groups is 1. The highest BCUT2D eigenvalue weighted by Crippen LogP contribution is 2.42. The molecule has 2 atom stereocenters. The molecule has 0 radical (unpaired) electrons. The largest absolute Gasteiger partial charge is 0.390 e. The van der Waals surface area contributed by atoms with E-state index in [0.717, 1.165) is 19.3 Å². The zero-order valence-electron chi connectivity index (χ0n) is 8.95. The lowest BCUT2D eigenvalue weighted by atomic mass is 9.88. The Hall–Kier alpha value is 0.0400. The highest BCUT2D eigenvalue weighted by Gasteiger charge is 2.46. The molecule has 0 aromatic carbocycles. The number of hydrogen-bond acceptors (Lipinski definition) is 2. The summed E-state index contributed by atoms with van der Waals surface area (Å²) in [5, 5.41) is 10.8. The van der Waals surface area contributed by atoms with E-state index < -0.39 is 16.4 Å². The maximum Gasteiger partial charge on any atom is 0.0894 e. The highest BCUT2D eigenvalue weighted by molar-refractivity contribution is 7.86. The van der Waals surface area contributed by atoms with Crippen LogP contribution in [-0.2, 0) is 10.8 Å². The molecule has 2 bridgehead atoms. The topological polar surface area (TPSA) is 37.3 Å². The number of halogens is 1. The van der Waals surface area contributed by atoms with Gasteiger partial charge in [-0.1, -0.05) is 0 Å². The number of hydrogen-bond donors (Lipinski definition) is 1. The van der Waals surface area contributed by atoms with Gasteiger partial charge in [0.2, 0.25) is 0 Å². The van der Waals surface area contributed by atoms with Crippen LogP contribution in [0.1, 0.15) is 44.9 Å². The van der Waals surface area contributed by atoms with Crippen LogP contribution < -0.4 is 0 Å². The van der Waals surface area contributed by atoms with Gasteiger partial charge in [-0.05, 0) is 44.9 Å². The molecular weight excluding hydrogens is 215 g/mol. The summed E-state index contributed by atoms with van der Waals surface area (Å²) in [6.45, 7) is -0.297. The standard InChI is InChI=1S/C11H19FO2S/c12-6-2-1-5-11(13)7-9-3-4-10(8-11)15(9)14/h9-10,13H,1-8H2. The Morgan fingerprint density at radius 1 is 1.27 bits per heavy atom. The van der Waals surface area contributed by atoms with Crippen LogP contribution >= 0.6 is 0 Å². The van der Waals surface area contributed by atoms with Gasteiger partial charge in [0.1, 0.15) is 0 Å². The van der Waals surface area contributed by atoms with E-state index in [0.29, 0.717) is 25.7 Å². The Morgan fingerprint density at radius 2 is 1.87 bits per heavy atom. The molecule has 2 unspecified atom stereocenters. The molecule has 0 amide bonds. The summed E-state index contributed by atoms with van der Waals surface area (Å²) in [6.07, 6.45) is 5.32. The summed E-state index contributed by atoms with van der Waals surface area (Å²) < 4.78 is 23.7. The van der Waals surface area contributed by atoms with E-state index in [1.807, 2.05) is 0 Å². The summed E-state index contributed by atoms with van der Waals surface area (Å²) >= 11 is 0. The van der Waals surface area contributed by atoms with Crippen molar-refractivity contribution in [2.45, 2.75) is 61.0 Å². The Kier molecular flexibility index (Phi) is 3.45. The van der Waals surface area contributed by atoms with Gasteiger partial charge in [-0.15, -0.1) is 0 Å². The lowest BCUT2D eigenvalue weighted by Crippen LogP contribution is -2.42. The summed E-state index contributed by atoms with van der Waals surface area (Å²) in [4.78, 5) is 0. The molecule has 15 heavy (non-hydrogen) atoms. The van der Waals surface area contributed by atoms with E-state index in [9.17, 15) is 13.7 Å². The van der Waals surface area contributed by atoms with Gasteiger partial charge in [0.15, 0.2) is 0 Å². The monoisotopic (exact) mass is 234 g/mol. The number of unbranched alkanes of at least 4 members (excludes halogenated alkanes) is 1. The molecule has 4 heteroatoms. The van der Waals surface area contributed by atoms with Crippen molar-refractivity contribution in [2.24, 2.45) is 0 Å². The predicted molar refractivity (Wildman–Crippen MR) is 59.0 cm³/mol. The first kappa shape index (κ1) is 11.5. The molecule has 2 saturated heterocycles. The van der Waals surface area contributed by atoms with E-state index in [1.54, 1.807) is 0 Å². The summed E-state index contributed by atoms with van der Waals surface area (Å²) in [5.41, 5.74) is -0.644. The zero-order chi connectivity index (χ0) is 10.9. The first-order valence-electron chi connectivity index (χ1n) is 5.82. The SMILES string of the molecule is O=S1C2CCC1CC(O)(CCCCF)C2. The van der Waals surface area contributed by atoms with Gasteiger partial charge in [-0.3, -0.25) is 8.60 Å². The maximum atomic E-state index is 12.0. The Bertz CT molecular complexity index is 241. The van der Waals surface area contributed by atoms with Gasteiger partial charge < -0.3 is 5.11 Å². The predicted octanol–water partition coefficient (Wildman–Crippen LogP) is 1.93. The van der Waals surface area contributed by atoms with Crippen molar-refractivity contribution in [3.8, 4) is 0 Å². The molecule has 0 aliphatic carbocycles. The van der Waals surface area contributed by atoms with E-state index in [4.69, 9.17) is 0 Å². The van der Waals surface area contributed by atoms with Gasteiger partial charge >= 0.3 is 0 Å². The van der Waals surface area contributed by atoms with Crippen molar-refractivity contribution in [3.63, 3.8) is 0 Å². The molecule has 2 nitrogen and oxygen atoms in total. The van der Waals surface area contributed by atoms with Gasteiger partial charge in [0, 0.05) is 21.3 Å². The molecule has 1 N–H and O–H groups in total. The van der Waals surface area contributed by atoms with Crippen molar-refractivity contribution in [1.82, 2.24) is 0 Å². The second kappa shape index (κ2) is 4.50. The molecular formula is C11H19FO2S. The Morgan fingerprint density at radius 3 is 2.40 bits per heavy atom. The van der Waals surface area contributed by atoms with E-state index in [2.05, 4.69) is 0 Å². The summed E-state index contributed by atoms with van der Waals surface area (Å²) in [6, 6.07) is 0. The van der Waals surface area contributed by atoms with Gasteiger partial charge in [0.25, 0.3) is 0 Å². The van der Waals surface area contributed by atoms with Crippen molar-refractivity contribution < 1.29 is 13.7 Å². The molecule has 0 aromatic heterocycles. The minimum Gasteiger partial charge on any atom is -0.390 e. The van der Waals surface area contributed by atoms with Gasteiger partial charge in [-0.25, -0.2) is 0 Å². The zero-order valence-corrected chi connectivity index (χ0v) is 9.77. The van der Waals surface area contributed by atoms with Crippen LogP contribution in [0.5, 0.6) is 0 Å². The second-order valence-electron chi connectivity index (χ2n) is 4.93. The molecule has 0 aromatic rings. The van der Waals surface area contributed by atoms with Crippen LogP contribution in [0.25, 0.3) is 0 Å². The number of rotatable bonds is 4. The third kappa shape index (κ3) is 2.41. The third-order valence-electron chi connectivity index (χ3n) is 3.71. The third-order valence-corrected chi connectivity index (χ3v) is 5.83. The fraction of sp³-hybridized carbons (Fsp3) is 1.00. The minimum absolute atomic E-state index is 0.208. The second-order valence-corrected chi connectivity index (χ2v) is 6.92. The summed E-state index contributed by atoms with van der Waals surface area (Å²) in [7, 11) is -0.707. The lowest BCUT2D eigenvalue weighted by molar-refractivity contribution is 0.0117. The van der Waals surface area contributed by atoms with Gasteiger partial charge in [0.05, 0.1) is 12.3 Å². The van der Waals surface area contributed by atoms with Crippen LogP contribution in [-0.4, -0.2) is 32.1 Å². The molecule has 2 aliphatic heterocycles. The molecule has 2 rings (SSSR count). The van der Waals surface area contributed by atoms with E-state index in [1.165, 1.54) is 0 Å². The lowest BCUT2D eigenvalue weighted by Gasteiger charge is -2.35. The maximum absolute atomic E-state index is 12.0. The van der Waals surface area contributed by atoms with Crippen molar-refractivity contribution in [3.05, 3.63) is 0 Å². The quantitative estimate of drug-likeness (QED) is 0.755. The van der Waals surface area contributed by atoms with Crippen molar-refractivity contribution in [2.75, 3.05) is 6.67 Å². The summed E-state index contributed by atoms with van der Waals surface area (Å²) in [5.74, 6) is 0. The van der Waals surface area contributed by atoms with Gasteiger partial charge in [-0.2, -0.15) is 0 Å². The Balaban J connectivity index is 1.91. The fourth-order valence-electron chi connectivity index (χ4n) is 2.93. The normalized spacial score (nSPS) is 44.5. The van der Waals surface area contributed by atoms with Crippen molar-refractivity contribution >= 4 is 10.8 Å². The minimum atomic E-state index is -0.707. The number of alkyl halides is 1. The first-order chi connectivity index (χ1) is 7.14. The van der Waals surface area contributed by atoms with E-state index >= 15 is 0 Å². The van der Waals surface area contributed by atoms with E-state index in [-0.39, 0.29) is 17.2 Å². The molecule has 2 fully saturated rings. The van der Waals surface area contributed by atoms with Crippen LogP contribution in [0.15, 0.2) is 0 Å². The molecule has 2 heterocycles. The number of fused-ring (bicyclic) bond motifs is 2. The van der Waals surface area contributed by atoms with Crippen LogP contribution in [0.3, 0.4) is 0 Å². The van der Waals surface area contributed by atoms with Crippen LogP contribution in [0.4, 0.5) is 4.39 Å². The fourth-order valence-corrected chi connectivity index (χ4v) is 5.16. The smallest absolute Gasteiger partial charge is 0.0894 e. The van der Waals surface area contributed by atoms with Crippen LogP contribution in [0, 0.1) is 0 Å². The molecule has 2 aliphatic rings. The molecule has 0 spiro atoms. The molecule has 88 valence electrons. The Labute approximate surface area is 92.7 Å². The highest BCUT2D eigenvalue weighted by atomic mass is 32.2. The van der Waals surface area contributed by atoms with Crippen molar-refractivity contribution in [1.29, 1.82) is 0 Å². The average Bonchev–Trinajstić information content (AvgIpc) is 2.44. The molecule has 0 saturated carbocycles.